The van der Waals surface area contributed by atoms with Crippen LogP contribution in [0.2, 0.25) is 0 Å². The predicted molar refractivity (Wildman–Crippen MR) is 85.9 cm³/mol. The maximum Gasteiger partial charge on any atom is 0.322 e. The highest BCUT2D eigenvalue weighted by atomic mass is 127. The smallest absolute Gasteiger partial charge is 0.322 e. The number of benzene rings is 1. The summed E-state index contributed by atoms with van der Waals surface area (Å²) in [6, 6.07) is 8.94. The zero-order chi connectivity index (χ0) is 13.9. The lowest BCUT2D eigenvalue weighted by Crippen LogP contribution is -2.16. The number of rotatable bonds is 5. The molecule has 1 aromatic carbocycles. The van der Waals surface area contributed by atoms with Crippen molar-refractivity contribution >= 4 is 22.6 Å². The van der Waals surface area contributed by atoms with Gasteiger partial charge in [-0.1, -0.05) is 6.07 Å². The lowest BCUT2D eigenvalue weighted by molar-refractivity contribution is 0.438. The van der Waals surface area contributed by atoms with Crippen molar-refractivity contribution in [3.05, 3.63) is 45.3 Å². The molecular weight excluding hydrogens is 365 g/mol. The van der Waals surface area contributed by atoms with E-state index in [2.05, 4.69) is 37.9 Å². The quantitative estimate of drug-likeness (QED) is 0.807. The Hall–Kier alpha value is -1.21. The molecule has 0 amide bonds. The fourth-order valence-electron chi connectivity index (χ4n) is 1.87. The fraction of sp³-hybridized carbons (Fsp3) is 0.333. The van der Waals surface area contributed by atoms with Crippen molar-refractivity contribution in [1.29, 1.82) is 0 Å². The number of ether oxygens (including phenoxy) is 1. The molecule has 0 unspecified atom stereocenters. The van der Waals surface area contributed by atoms with Gasteiger partial charge in [0.15, 0.2) is 0 Å². The molecule has 1 aliphatic rings. The molecule has 1 aliphatic carbocycles. The number of hydrogen-bond donors (Lipinski definition) is 1. The van der Waals surface area contributed by atoms with E-state index < -0.39 is 0 Å². The molecule has 4 nitrogen and oxygen atoms in total. The van der Waals surface area contributed by atoms with Gasteiger partial charge in [0.1, 0.15) is 5.75 Å². The van der Waals surface area contributed by atoms with Crippen LogP contribution in [0.15, 0.2) is 30.5 Å². The summed E-state index contributed by atoms with van der Waals surface area (Å²) in [5, 5.41) is 3.47. The Balaban J connectivity index is 1.69. The maximum absolute atomic E-state index is 5.69. The first-order chi connectivity index (χ1) is 9.70. The molecule has 0 spiro atoms. The van der Waals surface area contributed by atoms with Crippen LogP contribution in [0.1, 0.15) is 24.1 Å². The summed E-state index contributed by atoms with van der Waals surface area (Å²) in [6.45, 7) is 2.83. The monoisotopic (exact) mass is 381 g/mol. The van der Waals surface area contributed by atoms with Crippen LogP contribution < -0.4 is 10.1 Å². The van der Waals surface area contributed by atoms with E-state index in [0.29, 0.717) is 12.1 Å². The molecule has 1 fully saturated rings. The second kappa shape index (κ2) is 6.05. The Bertz CT molecular complexity index is 614. The molecule has 0 bridgehead atoms. The molecule has 2 aromatic rings. The molecule has 0 aliphatic heterocycles. The third-order valence-electron chi connectivity index (χ3n) is 3.22. The molecule has 0 atom stereocenters. The lowest BCUT2D eigenvalue weighted by Gasteiger charge is -2.08. The van der Waals surface area contributed by atoms with Crippen molar-refractivity contribution in [3.63, 3.8) is 0 Å². The van der Waals surface area contributed by atoms with Gasteiger partial charge in [-0.05, 0) is 60.6 Å². The van der Waals surface area contributed by atoms with Gasteiger partial charge in [-0.25, -0.2) is 4.98 Å². The number of halogens is 1. The van der Waals surface area contributed by atoms with Crippen LogP contribution in [-0.4, -0.2) is 16.0 Å². The maximum atomic E-state index is 5.69. The van der Waals surface area contributed by atoms with Crippen LogP contribution in [0.3, 0.4) is 0 Å². The van der Waals surface area contributed by atoms with Crippen molar-refractivity contribution in [1.82, 2.24) is 15.3 Å². The molecule has 1 saturated carbocycles. The summed E-state index contributed by atoms with van der Waals surface area (Å²) < 4.78 is 6.81. The molecule has 0 radical (unpaired) electrons. The van der Waals surface area contributed by atoms with Gasteiger partial charge in [0.05, 0.1) is 0 Å². The van der Waals surface area contributed by atoms with E-state index in [1.54, 1.807) is 0 Å². The summed E-state index contributed by atoms with van der Waals surface area (Å²) in [5.74, 6) is 0.764. The van der Waals surface area contributed by atoms with E-state index in [4.69, 9.17) is 4.74 Å². The summed E-state index contributed by atoms with van der Waals surface area (Å²) >= 11 is 2.25. The number of nitrogens with one attached hydrogen (secondary N) is 1. The average molecular weight is 381 g/mol. The first-order valence-electron chi connectivity index (χ1n) is 6.70. The molecule has 20 heavy (non-hydrogen) atoms. The van der Waals surface area contributed by atoms with Gasteiger partial charge >= 0.3 is 6.01 Å². The van der Waals surface area contributed by atoms with Crippen molar-refractivity contribution in [2.45, 2.75) is 32.4 Å². The Morgan fingerprint density at radius 3 is 2.95 bits per heavy atom. The Morgan fingerprint density at radius 1 is 1.40 bits per heavy atom. The summed E-state index contributed by atoms with van der Waals surface area (Å²) in [7, 11) is 0. The summed E-state index contributed by atoms with van der Waals surface area (Å²) in [6.07, 6.45) is 4.42. The predicted octanol–water partition coefficient (Wildman–Crippen LogP) is 3.43. The van der Waals surface area contributed by atoms with Crippen LogP contribution >= 0.6 is 22.6 Å². The van der Waals surface area contributed by atoms with Crippen LogP contribution in [-0.2, 0) is 6.54 Å². The molecule has 104 valence electrons. The summed E-state index contributed by atoms with van der Waals surface area (Å²) in [5.41, 5.74) is 2.10. The van der Waals surface area contributed by atoms with Gasteiger partial charge in [0, 0.05) is 33.6 Å². The van der Waals surface area contributed by atoms with Gasteiger partial charge in [0.2, 0.25) is 0 Å². The Labute approximate surface area is 132 Å². The SMILES string of the molecule is Cc1nc(Oc2cccc(I)c2)ncc1CNC1CC1. The highest BCUT2D eigenvalue weighted by molar-refractivity contribution is 14.1. The van der Waals surface area contributed by atoms with E-state index in [1.807, 2.05) is 37.4 Å². The van der Waals surface area contributed by atoms with Crippen LogP contribution in [0.5, 0.6) is 11.8 Å². The van der Waals surface area contributed by atoms with Crippen molar-refractivity contribution in [2.75, 3.05) is 0 Å². The number of nitrogens with zero attached hydrogens (tertiary/aromatic N) is 2. The summed E-state index contributed by atoms with van der Waals surface area (Å²) in [4.78, 5) is 8.71. The van der Waals surface area contributed by atoms with E-state index >= 15 is 0 Å². The first kappa shape index (κ1) is 13.8. The zero-order valence-corrected chi connectivity index (χ0v) is 13.4. The Kier molecular flexibility index (Phi) is 4.16. The van der Waals surface area contributed by atoms with Gasteiger partial charge < -0.3 is 10.1 Å². The third-order valence-corrected chi connectivity index (χ3v) is 3.89. The molecule has 1 aromatic heterocycles. The number of aryl methyl sites for hydroxylation is 1. The van der Waals surface area contributed by atoms with Crippen molar-refractivity contribution < 1.29 is 4.74 Å². The minimum atomic E-state index is 0.402. The van der Waals surface area contributed by atoms with Gasteiger partial charge in [0.25, 0.3) is 0 Å². The number of hydrogen-bond acceptors (Lipinski definition) is 4. The fourth-order valence-corrected chi connectivity index (χ4v) is 2.39. The standard InChI is InChI=1S/C15H16IN3O/c1-10-11(8-17-13-5-6-13)9-18-15(19-10)20-14-4-2-3-12(16)7-14/h2-4,7,9,13,17H,5-6,8H2,1H3. The topological polar surface area (TPSA) is 47.0 Å². The van der Waals surface area contributed by atoms with E-state index in [1.165, 1.54) is 12.8 Å². The van der Waals surface area contributed by atoms with Gasteiger partial charge in [-0.2, -0.15) is 4.98 Å². The van der Waals surface area contributed by atoms with Crippen LogP contribution in [0, 0.1) is 10.5 Å². The minimum absolute atomic E-state index is 0.402. The highest BCUT2D eigenvalue weighted by Crippen LogP contribution is 2.22. The van der Waals surface area contributed by atoms with Gasteiger partial charge in [-0.3, -0.25) is 0 Å². The minimum Gasteiger partial charge on any atom is -0.424 e. The largest absolute Gasteiger partial charge is 0.424 e. The number of aromatic nitrogens is 2. The van der Waals surface area contributed by atoms with Crippen LogP contribution in [0.4, 0.5) is 0 Å². The molecule has 0 saturated heterocycles. The zero-order valence-electron chi connectivity index (χ0n) is 11.3. The first-order valence-corrected chi connectivity index (χ1v) is 7.78. The van der Waals surface area contributed by atoms with Crippen molar-refractivity contribution in [3.8, 4) is 11.8 Å². The molecular formula is C15H16IN3O. The molecule has 1 heterocycles. The third kappa shape index (κ3) is 3.67. The highest BCUT2D eigenvalue weighted by Gasteiger charge is 2.20. The molecule has 1 N–H and O–H groups in total. The molecule has 3 rings (SSSR count). The second-order valence-electron chi connectivity index (χ2n) is 4.98. The van der Waals surface area contributed by atoms with E-state index in [9.17, 15) is 0 Å². The van der Waals surface area contributed by atoms with Crippen molar-refractivity contribution in [2.24, 2.45) is 0 Å². The normalized spacial score (nSPS) is 14.3. The van der Waals surface area contributed by atoms with E-state index in [0.717, 1.165) is 27.1 Å². The lowest BCUT2D eigenvalue weighted by atomic mass is 10.2. The van der Waals surface area contributed by atoms with E-state index in [-0.39, 0.29) is 0 Å². The molecule has 5 heteroatoms. The van der Waals surface area contributed by atoms with Gasteiger partial charge in [-0.15, -0.1) is 0 Å². The Morgan fingerprint density at radius 2 is 2.25 bits per heavy atom. The van der Waals surface area contributed by atoms with Crippen LogP contribution in [0.25, 0.3) is 0 Å². The second-order valence-corrected chi connectivity index (χ2v) is 6.22. The average Bonchev–Trinajstić information content (AvgIpc) is 3.22.